The van der Waals surface area contributed by atoms with Crippen LogP contribution in [0, 0.1) is 6.92 Å². The number of nitrogens with zero attached hydrogens (tertiary/aromatic N) is 1. The van der Waals surface area contributed by atoms with E-state index in [2.05, 4.69) is 5.32 Å². The molecule has 1 unspecified atom stereocenters. The summed E-state index contributed by atoms with van der Waals surface area (Å²) >= 11 is 0. The normalized spacial score (nSPS) is 18.9. The number of carbonyl (C=O) groups is 3. The summed E-state index contributed by atoms with van der Waals surface area (Å²) < 4.78 is 0. The van der Waals surface area contributed by atoms with Crippen LogP contribution in [0.5, 0.6) is 0 Å². The van der Waals surface area contributed by atoms with Crippen molar-refractivity contribution in [3.8, 4) is 0 Å². The van der Waals surface area contributed by atoms with Crippen LogP contribution in [0.4, 0.5) is 10.5 Å². The third-order valence-electron chi connectivity index (χ3n) is 2.69. The molecule has 1 fully saturated rings. The van der Waals surface area contributed by atoms with Gasteiger partial charge in [-0.05, 0) is 19.1 Å². The van der Waals surface area contributed by atoms with E-state index in [0.29, 0.717) is 5.69 Å². The topological polar surface area (TPSA) is 86.7 Å². The molecule has 94 valence electrons. The van der Waals surface area contributed by atoms with E-state index in [4.69, 9.17) is 5.11 Å². The number of carboxylic acid groups (broad SMARTS) is 1. The smallest absolute Gasteiger partial charge is 0.329 e. The molecule has 2 rings (SSSR count). The minimum Gasteiger partial charge on any atom is -0.481 e. The molecule has 1 atom stereocenters. The van der Waals surface area contributed by atoms with Gasteiger partial charge in [0.15, 0.2) is 0 Å². The Bertz CT molecular complexity index is 509. The van der Waals surface area contributed by atoms with Crippen molar-refractivity contribution in [1.82, 2.24) is 5.32 Å². The van der Waals surface area contributed by atoms with Crippen molar-refractivity contribution in [2.24, 2.45) is 0 Å². The largest absolute Gasteiger partial charge is 0.481 e. The lowest BCUT2D eigenvalue weighted by Gasteiger charge is -2.12. The minimum absolute atomic E-state index is 0.410. The summed E-state index contributed by atoms with van der Waals surface area (Å²) in [6.07, 6.45) is -0.410. The molecule has 1 heterocycles. The zero-order valence-corrected chi connectivity index (χ0v) is 9.71. The molecule has 6 heteroatoms. The molecule has 0 spiro atoms. The van der Waals surface area contributed by atoms with E-state index in [-0.39, 0.29) is 0 Å². The van der Waals surface area contributed by atoms with E-state index in [1.165, 1.54) is 0 Å². The maximum absolute atomic E-state index is 11.9. The van der Waals surface area contributed by atoms with E-state index in [1.54, 1.807) is 24.3 Å². The molecule has 3 amide bonds. The van der Waals surface area contributed by atoms with Gasteiger partial charge < -0.3 is 10.4 Å². The van der Waals surface area contributed by atoms with Crippen LogP contribution in [0.3, 0.4) is 0 Å². The lowest BCUT2D eigenvalue weighted by Crippen LogP contribution is -2.32. The van der Waals surface area contributed by atoms with Crippen LogP contribution in [0.15, 0.2) is 24.3 Å². The molecule has 0 radical (unpaired) electrons. The van der Waals surface area contributed by atoms with Gasteiger partial charge in [0.2, 0.25) is 0 Å². The Hall–Kier alpha value is -2.37. The summed E-state index contributed by atoms with van der Waals surface area (Å²) in [5.41, 5.74) is 1.45. The number of rotatable bonds is 3. The molecule has 0 aliphatic carbocycles. The predicted molar refractivity (Wildman–Crippen MR) is 63.2 cm³/mol. The van der Waals surface area contributed by atoms with Crippen molar-refractivity contribution in [2.75, 3.05) is 4.90 Å². The van der Waals surface area contributed by atoms with Crippen LogP contribution in [-0.2, 0) is 9.59 Å². The van der Waals surface area contributed by atoms with E-state index >= 15 is 0 Å². The Morgan fingerprint density at radius 2 is 1.94 bits per heavy atom. The Balaban J connectivity index is 2.24. The van der Waals surface area contributed by atoms with Crippen LogP contribution in [0.2, 0.25) is 0 Å². The fourth-order valence-electron chi connectivity index (χ4n) is 1.78. The van der Waals surface area contributed by atoms with Crippen LogP contribution in [0.25, 0.3) is 0 Å². The number of hydrogen-bond donors (Lipinski definition) is 2. The number of urea groups is 1. The third-order valence-corrected chi connectivity index (χ3v) is 2.69. The van der Waals surface area contributed by atoms with Crippen molar-refractivity contribution in [1.29, 1.82) is 0 Å². The highest BCUT2D eigenvalue weighted by Crippen LogP contribution is 2.20. The van der Waals surface area contributed by atoms with Gasteiger partial charge in [-0.3, -0.25) is 9.59 Å². The van der Waals surface area contributed by atoms with Crippen LogP contribution in [0.1, 0.15) is 12.0 Å². The molecule has 1 aromatic rings. The Kier molecular flexibility index (Phi) is 3.01. The number of carboxylic acids is 1. The molecule has 2 N–H and O–H groups in total. The molecule has 18 heavy (non-hydrogen) atoms. The van der Waals surface area contributed by atoms with Gasteiger partial charge in [-0.25, -0.2) is 9.69 Å². The highest BCUT2D eigenvalue weighted by atomic mass is 16.4. The number of aliphatic carboxylic acids is 1. The zero-order valence-electron chi connectivity index (χ0n) is 9.71. The highest BCUT2D eigenvalue weighted by molar-refractivity contribution is 6.21. The van der Waals surface area contributed by atoms with E-state index in [0.717, 1.165) is 10.5 Å². The summed E-state index contributed by atoms with van der Waals surface area (Å²) in [4.78, 5) is 35.1. The van der Waals surface area contributed by atoms with Gasteiger partial charge in [-0.15, -0.1) is 0 Å². The van der Waals surface area contributed by atoms with Gasteiger partial charge in [-0.1, -0.05) is 17.7 Å². The molecular weight excluding hydrogens is 236 g/mol. The van der Waals surface area contributed by atoms with Crippen molar-refractivity contribution in [2.45, 2.75) is 19.4 Å². The molecule has 6 nitrogen and oxygen atoms in total. The van der Waals surface area contributed by atoms with Gasteiger partial charge in [0.1, 0.15) is 6.04 Å². The second-order valence-electron chi connectivity index (χ2n) is 4.11. The molecule has 1 aromatic carbocycles. The number of amides is 3. The van der Waals surface area contributed by atoms with Gasteiger partial charge in [0, 0.05) is 0 Å². The first kappa shape index (κ1) is 12.1. The van der Waals surface area contributed by atoms with E-state index in [9.17, 15) is 14.4 Å². The van der Waals surface area contributed by atoms with Crippen LogP contribution >= 0.6 is 0 Å². The van der Waals surface area contributed by atoms with Crippen molar-refractivity contribution >= 4 is 23.6 Å². The lowest BCUT2D eigenvalue weighted by atomic mass is 10.2. The average molecular weight is 248 g/mol. The molecule has 0 bridgehead atoms. The van der Waals surface area contributed by atoms with Crippen molar-refractivity contribution < 1.29 is 19.5 Å². The molecule has 1 saturated heterocycles. The number of anilines is 1. The van der Waals surface area contributed by atoms with Gasteiger partial charge in [0.25, 0.3) is 5.91 Å². The average Bonchev–Trinajstić information content (AvgIpc) is 2.55. The first-order valence-electron chi connectivity index (χ1n) is 5.42. The number of imide groups is 1. The summed E-state index contributed by atoms with van der Waals surface area (Å²) in [5.74, 6) is -1.66. The van der Waals surface area contributed by atoms with Gasteiger partial charge in [-0.2, -0.15) is 0 Å². The summed E-state index contributed by atoms with van der Waals surface area (Å²) in [7, 11) is 0. The molecular formula is C12H12N2O4. The van der Waals surface area contributed by atoms with Crippen molar-refractivity contribution in [3.05, 3.63) is 29.8 Å². The maximum Gasteiger partial charge on any atom is 0.329 e. The second kappa shape index (κ2) is 4.48. The summed E-state index contributed by atoms with van der Waals surface area (Å²) in [6, 6.07) is 5.28. The first-order chi connectivity index (χ1) is 8.49. The number of carbonyl (C=O) groups excluding carboxylic acids is 2. The SMILES string of the molecule is Cc1ccc(N2C(=O)NC(CC(=O)O)C2=O)cc1. The Morgan fingerprint density at radius 1 is 1.33 bits per heavy atom. The van der Waals surface area contributed by atoms with Crippen molar-refractivity contribution in [3.63, 3.8) is 0 Å². The molecule has 0 saturated carbocycles. The minimum atomic E-state index is -1.13. The van der Waals surface area contributed by atoms with Crippen LogP contribution < -0.4 is 10.2 Å². The number of aryl methyl sites for hydroxylation is 1. The highest BCUT2D eigenvalue weighted by Gasteiger charge is 2.39. The Labute approximate surface area is 103 Å². The Morgan fingerprint density at radius 3 is 2.50 bits per heavy atom. The first-order valence-corrected chi connectivity index (χ1v) is 5.42. The maximum atomic E-state index is 11.9. The summed E-state index contributed by atoms with van der Waals surface area (Å²) in [5, 5.41) is 11.0. The van der Waals surface area contributed by atoms with Gasteiger partial charge >= 0.3 is 12.0 Å². The number of nitrogens with one attached hydrogen (secondary N) is 1. The molecule has 0 aromatic heterocycles. The standard InChI is InChI=1S/C12H12N2O4/c1-7-2-4-8(5-3-7)14-11(17)9(6-10(15)16)13-12(14)18/h2-5,9H,6H2,1H3,(H,13,18)(H,15,16). The second-order valence-corrected chi connectivity index (χ2v) is 4.11. The lowest BCUT2D eigenvalue weighted by molar-refractivity contribution is -0.139. The fourth-order valence-corrected chi connectivity index (χ4v) is 1.78. The van der Waals surface area contributed by atoms with E-state index < -0.39 is 30.4 Å². The summed E-state index contributed by atoms with van der Waals surface area (Å²) in [6.45, 7) is 1.89. The van der Waals surface area contributed by atoms with Gasteiger partial charge in [0.05, 0.1) is 12.1 Å². The quantitative estimate of drug-likeness (QED) is 0.778. The predicted octanol–water partition coefficient (Wildman–Crippen LogP) is 0.895. The number of hydrogen-bond acceptors (Lipinski definition) is 3. The third kappa shape index (κ3) is 2.17. The monoisotopic (exact) mass is 248 g/mol. The zero-order chi connectivity index (χ0) is 13.3. The number of benzene rings is 1. The molecule has 1 aliphatic rings. The molecule has 1 aliphatic heterocycles. The fraction of sp³-hybridized carbons (Fsp3) is 0.250. The van der Waals surface area contributed by atoms with Crippen LogP contribution in [-0.4, -0.2) is 29.1 Å². The van der Waals surface area contributed by atoms with E-state index in [1.807, 2.05) is 6.92 Å².